The predicted octanol–water partition coefficient (Wildman–Crippen LogP) is 0.613. The van der Waals surface area contributed by atoms with Crippen molar-refractivity contribution in [2.24, 2.45) is 0 Å². The molecular formula is C9H10N2O3. The molecule has 0 aliphatic rings. The fourth-order valence-electron chi connectivity index (χ4n) is 0.865. The largest absolute Gasteiger partial charge is 0.466 e. The lowest BCUT2D eigenvalue weighted by atomic mass is 10.2. The van der Waals surface area contributed by atoms with Crippen molar-refractivity contribution in [3.05, 3.63) is 24.3 Å². The van der Waals surface area contributed by atoms with Gasteiger partial charge >= 0.3 is 5.97 Å². The van der Waals surface area contributed by atoms with E-state index in [2.05, 4.69) is 14.7 Å². The van der Waals surface area contributed by atoms with Gasteiger partial charge < -0.3 is 4.74 Å². The molecule has 0 aliphatic carbocycles. The van der Waals surface area contributed by atoms with E-state index in [0.717, 1.165) is 0 Å². The molecule has 0 saturated heterocycles. The number of hydrogen-bond donors (Lipinski definition) is 0. The first-order valence-corrected chi connectivity index (χ1v) is 4.20. The maximum absolute atomic E-state index is 11.3. The molecule has 0 saturated carbocycles. The fraction of sp³-hybridized carbons (Fsp3) is 0.333. The monoisotopic (exact) mass is 194 g/mol. The van der Waals surface area contributed by atoms with Crippen molar-refractivity contribution in [1.82, 2.24) is 9.97 Å². The van der Waals surface area contributed by atoms with Crippen LogP contribution in [0.2, 0.25) is 0 Å². The molecule has 0 fully saturated rings. The van der Waals surface area contributed by atoms with Crippen molar-refractivity contribution in [3.63, 3.8) is 0 Å². The first-order valence-electron chi connectivity index (χ1n) is 4.20. The van der Waals surface area contributed by atoms with E-state index in [9.17, 15) is 9.59 Å². The standard InChI is InChI=1S/C9H10N2O3/c1-2-14-8(13)6-7(12)9-10-4-3-5-11-9/h3-5H,2,6H2,1H3. The summed E-state index contributed by atoms with van der Waals surface area (Å²) < 4.78 is 4.62. The van der Waals surface area contributed by atoms with Crippen LogP contribution in [0.1, 0.15) is 24.0 Å². The second kappa shape index (κ2) is 5.06. The number of ketones is 1. The van der Waals surface area contributed by atoms with Gasteiger partial charge in [-0.15, -0.1) is 0 Å². The van der Waals surface area contributed by atoms with Crippen LogP contribution in [0.5, 0.6) is 0 Å². The van der Waals surface area contributed by atoms with Gasteiger partial charge in [0.1, 0.15) is 6.42 Å². The summed E-state index contributed by atoms with van der Waals surface area (Å²) in [5.74, 6) is -0.936. The number of nitrogens with zero attached hydrogens (tertiary/aromatic N) is 2. The average Bonchev–Trinajstić information content (AvgIpc) is 2.19. The van der Waals surface area contributed by atoms with Crippen LogP contribution in [0.4, 0.5) is 0 Å². The quantitative estimate of drug-likeness (QED) is 0.399. The van der Waals surface area contributed by atoms with Gasteiger partial charge in [-0.2, -0.15) is 0 Å². The molecule has 0 atom stereocenters. The normalized spacial score (nSPS) is 9.50. The minimum Gasteiger partial charge on any atom is -0.466 e. The van der Waals surface area contributed by atoms with E-state index in [0.29, 0.717) is 0 Å². The van der Waals surface area contributed by atoms with Crippen molar-refractivity contribution in [3.8, 4) is 0 Å². The Bertz CT molecular complexity index is 324. The number of esters is 1. The smallest absolute Gasteiger partial charge is 0.313 e. The SMILES string of the molecule is CCOC(=O)CC(=O)c1ncccn1. The zero-order valence-corrected chi connectivity index (χ0v) is 7.77. The molecule has 0 unspecified atom stereocenters. The second-order valence-corrected chi connectivity index (χ2v) is 2.48. The molecule has 74 valence electrons. The van der Waals surface area contributed by atoms with Gasteiger partial charge in [-0.3, -0.25) is 9.59 Å². The molecule has 1 aromatic heterocycles. The Kier molecular flexibility index (Phi) is 3.72. The Balaban J connectivity index is 2.55. The van der Waals surface area contributed by atoms with Gasteiger partial charge in [0.25, 0.3) is 0 Å². The van der Waals surface area contributed by atoms with Crippen LogP contribution in [0.25, 0.3) is 0 Å². The third kappa shape index (κ3) is 2.93. The molecular weight excluding hydrogens is 184 g/mol. The second-order valence-electron chi connectivity index (χ2n) is 2.48. The number of rotatable bonds is 4. The third-order valence-electron chi connectivity index (χ3n) is 1.43. The summed E-state index contributed by atoms with van der Waals surface area (Å²) in [5, 5.41) is 0. The first-order chi connectivity index (χ1) is 6.74. The molecule has 5 heteroatoms. The lowest BCUT2D eigenvalue weighted by Gasteiger charge is -1.99. The lowest BCUT2D eigenvalue weighted by Crippen LogP contribution is -2.13. The number of carbonyl (C=O) groups is 2. The highest BCUT2D eigenvalue weighted by atomic mass is 16.5. The number of ether oxygens (including phenoxy) is 1. The summed E-state index contributed by atoms with van der Waals surface area (Å²) in [6.45, 7) is 1.95. The van der Waals surface area contributed by atoms with E-state index in [1.54, 1.807) is 13.0 Å². The topological polar surface area (TPSA) is 69.2 Å². The van der Waals surface area contributed by atoms with E-state index < -0.39 is 11.8 Å². The Hall–Kier alpha value is -1.78. The zero-order chi connectivity index (χ0) is 10.4. The van der Waals surface area contributed by atoms with Gasteiger partial charge in [-0.1, -0.05) is 0 Å². The minimum absolute atomic E-state index is 0.0422. The van der Waals surface area contributed by atoms with Crippen molar-refractivity contribution in [2.45, 2.75) is 13.3 Å². The predicted molar refractivity (Wildman–Crippen MR) is 47.6 cm³/mol. The fourth-order valence-corrected chi connectivity index (χ4v) is 0.865. The van der Waals surface area contributed by atoms with Crippen molar-refractivity contribution < 1.29 is 14.3 Å². The van der Waals surface area contributed by atoms with Crippen LogP contribution in [-0.4, -0.2) is 28.3 Å². The Morgan fingerprint density at radius 1 is 1.36 bits per heavy atom. The maximum atomic E-state index is 11.3. The summed E-state index contributed by atoms with van der Waals surface area (Å²) in [4.78, 5) is 29.7. The molecule has 0 aliphatic heterocycles. The third-order valence-corrected chi connectivity index (χ3v) is 1.43. The first kappa shape index (κ1) is 10.3. The summed E-state index contributed by atoms with van der Waals surface area (Å²) in [6, 6.07) is 1.60. The van der Waals surface area contributed by atoms with Crippen molar-refractivity contribution >= 4 is 11.8 Å². The molecule has 1 rings (SSSR count). The van der Waals surface area contributed by atoms with Crippen LogP contribution in [-0.2, 0) is 9.53 Å². The van der Waals surface area contributed by atoms with E-state index in [-0.39, 0.29) is 18.9 Å². The molecule has 0 radical (unpaired) electrons. The van der Waals surface area contributed by atoms with E-state index in [1.807, 2.05) is 0 Å². The Morgan fingerprint density at radius 2 is 2.00 bits per heavy atom. The average molecular weight is 194 g/mol. The summed E-state index contributed by atoms with van der Waals surface area (Å²) >= 11 is 0. The van der Waals surface area contributed by atoms with Gasteiger partial charge in [0.2, 0.25) is 5.78 Å². The summed E-state index contributed by atoms with van der Waals surface area (Å²) in [5.41, 5.74) is 0. The maximum Gasteiger partial charge on any atom is 0.313 e. The number of Topliss-reactive ketones (excluding diaryl/α,β-unsaturated/α-hetero) is 1. The minimum atomic E-state index is -0.551. The highest BCUT2D eigenvalue weighted by molar-refractivity contribution is 6.03. The molecule has 0 spiro atoms. The molecule has 0 bridgehead atoms. The Morgan fingerprint density at radius 3 is 2.57 bits per heavy atom. The van der Waals surface area contributed by atoms with Gasteiger partial charge in [0.15, 0.2) is 5.82 Å². The molecule has 0 N–H and O–H groups in total. The van der Waals surface area contributed by atoms with Crippen LogP contribution >= 0.6 is 0 Å². The Labute approximate surface area is 81.1 Å². The molecule has 1 heterocycles. The lowest BCUT2D eigenvalue weighted by molar-refractivity contribution is -0.141. The van der Waals surface area contributed by atoms with Gasteiger partial charge in [-0.25, -0.2) is 9.97 Å². The van der Waals surface area contributed by atoms with Crippen LogP contribution < -0.4 is 0 Å². The van der Waals surface area contributed by atoms with E-state index in [4.69, 9.17) is 0 Å². The van der Waals surface area contributed by atoms with E-state index in [1.165, 1.54) is 12.4 Å². The summed E-state index contributed by atoms with van der Waals surface area (Å²) in [6.07, 6.45) is 2.59. The highest BCUT2D eigenvalue weighted by Crippen LogP contribution is 1.96. The zero-order valence-electron chi connectivity index (χ0n) is 7.77. The van der Waals surface area contributed by atoms with Gasteiger partial charge in [-0.05, 0) is 13.0 Å². The number of hydrogen-bond acceptors (Lipinski definition) is 5. The highest BCUT2D eigenvalue weighted by Gasteiger charge is 2.14. The van der Waals surface area contributed by atoms with Crippen LogP contribution in [0, 0.1) is 0 Å². The van der Waals surface area contributed by atoms with Crippen LogP contribution in [0.3, 0.4) is 0 Å². The van der Waals surface area contributed by atoms with Gasteiger partial charge in [0.05, 0.1) is 6.61 Å². The molecule has 1 aromatic rings. The van der Waals surface area contributed by atoms with Crippen molar-refractivity contribution in [2.75, 3.05) is 6.61 Å². The molecule has 0 amide bonds. The number of aromatic nitrogens is 2. The summed E-state index contributed by atoms with van der Waals surface area (Å²) in [7, 11) is 0. The van der Waals surface area contributed by atoms with Crippen molar-refractivity contribution in [1.29, 1.82) is 0 Å². The molecule has 5 nitrogen and oxygen atoms in total. The van der Waals surface area contributed by atoms with Gasteiger partial charge in [0, 0.05) is 12.4 Å². The van der Waals surface area contributed by atoms with E-state index >= 15 is 0 Å². The molecule has 14 heavy (non-hydrogen) atoms. The number of carbonyl (C=O) groups excluding carboxylic acids is 2. The molecule has 0 aromatic carbocycles. The van der Waals surface area contributed by atoms with Crippen LogP contribution in [0.15, 0.2) is 18.5 Å².